The highest BCUT2D eigenvalue weighted by atomic mass is 16.4. The van der Waals surface area contributed by atoms with Gasteiger partial charge in [0.25, 0.3) is 0 Å². The monoisotopic (exact) mass is 609 g/mol. The van der Waals surface area contributed by atoms with Crippen LogP contribution in [0.15, 0.2) is 12.2 Å². The van der Waals surface area contributed by atoms with Crippen LogP contribution in [0, 0.1) is 0 Å². The molecule has 0 radical (unpaired) electrons. The minimum atomic E-state index is -1.34. The van der Waals surface area contributed by atoms with E-state index in [-0.39, 0.29) is 25.8 Å². The van der Waals surface area contributed by atoms with Crippen molar-refractivity contribution >= 4 is 17.9 Å². The van der Waals surface area contributed by atoms with Crippen LogP contribution in [0.2, 0.25) is 0 Å². The topological polar surface area (TPSA) is 115 Å². The fourth-order valence-electron chi connectivity index (χ4n) is 6.80. The molecule has 7 heteroatoms. The molecule has 0 aromatic rings. The molecule has 0 fully saturated rings. The van der Waals surface area contributed by atoms with Crippen LogP contribution in [0.1, 0.15) is 175 Å². The van der Waals surface area contributed by atoms with Gasteiger partial charge in [0.1, 0.15) is 6.04 Å². The van der Waals surface area contributed by atoms with Gasteiger partial charge in [0, 0.05) is 19.3 Å². The Labute approximate surface area is 264 Å². The third-order valence-corrected chi connectivity index (χ3v) is 9.08. The summed E-state index contributed by atoms with van der Waals surface area (Å²) in [6, 6.07) is -3.37. The zero-order valence-electron chi connectivity index (χ0n) is 28.3. The van der Waals surface area contributed by atoms with E-state index in [1.807, 2.05) is 20.8 Å². The molecule has 0 aliphatic carbocycles. The first-order valence-electron chi connectivity index (χ1n) is 17.9. The Morgan fingerprint density at radius 2 is 0.884 bits per heavy atom. The van der Waals surface area contributed by atoms with E-state index in [1.54, 1.807) is 0 Å². The predicted octanol–water partition coefficient (Wildman–Crippen LogP) is 8.44. The molecule has 7 nitrogen and oxygen atoms in total. The molecule has 0 aliphatic heterocycles. The molecule has 0 aliphatic rings. The lowest BCUT2D eigenvalue weighted by molar-refractivity contribution is -0.975. The highest BCUT2D eigenvalue weighted by Gasteiger charge is 2.54. The number of aliphatic carboxylic acids is 3. The summed E-state index contributed by atoms with van der Waals surface area (Å²) in [6.45, 7) is 8.03. The van der Waals surface area contributed by atoms with Gasteiger partial charge in [0.2, 0.25) is 0 Å². The van der Waals surface area contributed by atoms with Crippen molar-refractivity contribution in [3.05, 3.63) is 12.2 Å². The maximum atomic E-state index is 12.6. The fraction of sp³-hybridized carbons (Fsp3) is 0.861. The molecule has 0 spiro atoms. The predicted molar refractivity (Wildman–Crippen MR) is 175 cm³/mol. The Bertz CT molecular complexity index is 692. The molecule has 0 saturated carbocycles. The first-order chi connectivity index (χ1) is 20.7. The van der Waals surface area contributed by atoms with Crippen molar-refractivity contribution in [3.63, 3.8) is 0 Å². The summed E-state index contributed by atoms with van der Waals surface area (Å²) in [4.78, 5) is 37.6. The fourth-order valence-corrected chi connectivity index (χ4v) is 6.80. The average molecular weight is 610 g/mol. The van der Waals surface area contributed by atoms with Gasteiger partial charge in [0.05, 0.1) is 12.5 Å². The van der Waals surface area contributed by atoms with E-state index in [2.05, 4.69) is 19.1 Å². The van der Waals surface area contributed by atoms with Gasteiger partial charge in [0.15, 0.2) is 12.1 Å². The molecule has 0 heterocycles. The van der Waals surface area contributed by atoms with Crippen molar-refractivity contribution < 1.29 is 34.2 Å². The molecule has 0 saturated heterocycles. The number of carboxylic acids is 3. The standard InChI is InChI=1S/C36H67NO6/c1-5-9-10-11-12-13-14-15-16-17-18-19-20-21-22-23-24-25-26-30-37(31(27-6-2)34(38)39,32(28-7-3)35(40)41)33(29-8-4)36(42)43/h22-23,31-33H,5-21,24-30H2,1-4H3,(H2-,38,39,40,41,42,43)/b23-22+. The highest BCUT2D eigenvalue weighted by Crippen LogP contribution is 2.34. The zero-order chi connectivity index (χ0) is 32.3. The molecular weight excluding hydrogens is 542 g/mol. The maximum Gasteiger partial charge on any atom is 0.362 e. The van der Waals surface area contributed by atoms with E-state index in [0.717, 1.165) is 19.3 Å². The molecule has 0 bridgehead atoms. The minimum absolute atomic E-state index is 0.197. The third kappa shape index (κ3) is 16.7. The van der Waals surface area contributed by atoms with E-state index in [1.165, 1.54) is 83.5 Å². The molecule has 0 amide bonds. The smallest absolute Gasteiger partial charge is 0.362 e. The average Bonchev–Trinajstić information content (AvgIpc) is 2.97. The molecule has 0 aromatic carbocycles. The number of nitrogens with zero attached hydrogens (tertiary/aromatic N) is 1. The minimum Gasteiger partial charge on any atom is -0.544 e. The van der Waals surface area contributed by atoms with Crippen LogP contribution in [0.5, 0.6) is 0 Å². The van der Waals surface area contributed by atoms with Gasteiger partial charge in [-0.2, -0.15) is 0 Å². The number of hydrogen-bond acceptors (Lipinski definition) is 4. The first kappa shape index (κ1) is 41.1. The number of carbonyl (C=O) groups excluding carboxylic acids is 1. The summed E-state index contributed by atoms with van der Waals surface area (Å²) in [7, 11) is 0. The Morgan fingerprint density at radius 3 is 1.23 bits per heavy atom. The Balaban J connectivity index is 4.89. The lowest BCUT2D eigenvalue weighted by atomic mass is 9.91. The second kappa shape index (κ2) is 26.5. The number of unbranched alkanes of at least 4 members (excludes halogenated alkanes) is 15. The van der Waals surface area contributed by atoms with Gasteiger partial charge in [-0.15, -0.1) is 0 Å². The van der Waals surface area contributed by atoms with Crippen molar-refractivity contribution in [2.24, 2.45) is 0 Å². The number of carboxylic acid groups (broad SMARTS) is 3. The van der Waals surface area contributed by atoms with E-state index in [4.69, 9.17) is 0 Å². The van der Waals surface area contributed by atoms with Gasteiger partial charge in [-0.05, 0) is 44.9 Å². The van der Waals surface area contributed by atoms with Crippen LogP contribution in [-0.4, -0.2) is 57.3 Å². The van der Waals surface area contributed by atoms with Crippen molar-refractivity contribution in [2.45, 2.75) is 193 Å². The highest BCUT2D eigenvalue weighted by molar-refractivity contribution is 5.77. The van der Waals surface area contributed by atoms with Gasteiger partial charge in [-0.25, -0.2) is 9.59 Å². The van der Waals surface area contributed by atoms with Crippen LogP contribution in [0.4, 0.5) is 0 Å². The summed E-state index contributed by atoms with van der Waals surface area (Å²) >= 11 is 0. The molecule has 43 heavy (non-hydrogen) atoms. The third-order valence-electron chi connectivity index (χ3n) is 9.08. The zero-order valence-corrected chi connectivity index (χ0v) is 28.3. The SMILES string of the molecule is CCCCCCCCCCCCCCC/C=C/CCCC[N+](C(CCC)C(=O)[O-])(C(CCC)C(=O)O)C(CCC)C(=O)O. The summed E-state index contributed by atoms with van der Waals surface area (Å²) < 4.78 is -0.453. The van der Waals surface area contributed by atoms with E-state index in [9.17, 15) is 29.7 Å². The number of quaternary nitrogens is 1. The molecule has 252 valence electrons. The Hall–Kier alpha value is -1.89. The van der Waals surface area contributed by atoms with Gasteiger partial charge < -0.3 is 20.1 Å². The van der Waals surface area contributed by atoms with Crippen LogP contribution in [-0.2, 0) is 14.4 Å². The van der Waals surface area contributed by atoms with Gasteiger partial charge in [-0.1, -0.05) is 123 Å². The van der Waals surface area contributed by atoms with Crippen molar-refractivity contribution in [2.75, 3.05) is 6.54 Å². The largest absolute Gasteiger partial charge is 0.544 e. The number of rotatable bonds is 31. The molecule has 3 unspecified atom stereocenters. The van der Waals surface area contributed by atoms with E-state index >= 15 is 0 Å². The van der Waals surface area contributed by atoms with Crippen LogP contribution < -0.4 is 5.11 Å². The number of allylic oxidation sites excluding steroid dienone is 2. The van der Waals surface area contributed by atoms with Crippen LogP contribution in [0.3, 0.4) is 0 Å². The lowest BCUT2D eigenvalue weighted by Crippen LogP contribution is -2.74. The molecule has 0 rings (SSSR count). The summed E-state index contributed by atoms with van der Waals surface area (Å²) in [5, 5.41) is 33.0. The lowest BCUT2D eigenvalue weighted by Gasteiger charge is -2.52. The maximum absolute atomic E-state index is 12.6. The summed E-state index contributed by atoms with van der Waals surface area (Å²) in [5.74, 6) is -3.59. The first-order valence-corrected chi connectivity index (χ1v) is 17.9. The van der Waals surface area contributed by atoms with Crippen molar-refractivity contribution in [3.8, 4) is 0 Å². The van der Waals surface area contributed by atoms with Crippen molar-refractivity contribution in [1.29, 1.82) is 0 Å². The number of carbonyl (C=O) groups is 3. The summed E-state index contributed by atoms with van der Waals surface area (Å²) in [6.07, 6.45) is 27.3. The number of hydrogen-bond donors (Lipinski definition) is 2. The van der Waals surface area contributed by atoms with E-state index in [0.29, 0.717) is 25.7 Å². The van der Waals surface area contributed by atoms with Gasteiger partial charge >= 0.3 is 11.9 Å². The normalized spacial score (nSPS) is 15.3. The molecule has 3 atom stereocenters. The Morgan fingerprint density at radius 1 is 0.535 bits per heavy atom. The van der Waals surface area contributed by atoms with Crippen LogP contribution >= 0.6 is 0 Å². The Kier molecular flexibility index (Phi) is 25.3. The second-order valence-electron chi connectivity index (χ2n) is 12.6. The van der Waals surface area contributed by atoms with Crippen molar-refractivity contribution in [1.82, 2.24) is 0 Å². The second-order valence-corrected chi connectivity index (χ2v) is 12.6. The quantitative estimate of drug-likeness (QED) is 0.0463. The molecule has 2 N–H and O–H groups in total. The van der Waals surface area contributed by atoms with E-state index < -0.39 is 40.5 Å². The summed E-state index contributed by atoms with van der Waals surface area (Å²) in [5.41, 5.74) is 0. The molecule has 0 aromatic heterocycles. The molecular formula is C36H67NO6. The van der Waals surface area contributed by atoms with Gasteiger partial charge in [-0.3, -0.25) is 4.48 Å². The van der Waals surface area contributed by atoms with Crippen LogP contribution in [0.25, 0.3) is 0 Å².